The molecule has 1 atom stereocenters. The van der Waals surface area contributed by atoms with Gasteiger partial charge in [0.05, 0.1) is 12.6 Å². The van der Waals surface area contributed by atoms with E-state index in [1.54, 1.807) is 54.5 Å². The van der Waals surface area contributed by atoms with Gasteiger partial charge in [-0.15, -0.1) is 11.3 Å². The van der Waals surface area contributed by atoms with Crippen molar-refractivity contribution in [2.45, 2.75) is 19.6 Å². The predicted molar refractivity (Wildman–Crippen MR) is 89.6 cm³/mol. The van der Waals surface area contributed by atoms with Crippen molar-refractivity contribution in [2.24, 2.45) is 0 Å². The first-order valence-electron chi connectivity index (χ1n) is 6.49. The van der Waals surface area contributed by atoms with Crippen LogP contribution in [0.1, 0.15) is 23.5 Å². The van der Waals surface area contributed by atoms with Gasteiger partial charge in [0, 0.05) is 27.5 Å². The van der Waals surface area contributed by atoms with Crippen LogP contribution >= 0.6 is 27.3 Å². The third-order valence-corrected chi connectivity index (χ3v) is 4.69. The molecule has 21 heavy (non-hydrogen) atoms. The molecule has 0 aliphatic carbocycles. The van der Waals surface area contributed by atoms with Crippen LogP contribution in [0, 0.1) is 0 Å². The standard InChI is InChI=1S/C15H17BrN2O2S/c1-10(19)11-3-5-13(6-4-11)17-15(20)18(2)8-14-7-12(16)9-21-14/h3-7,9-10,19H,8H2,1-2H3,(H,17,20). The first-order chi connectivity index (χ1) is 9.95. The van der Waals surface area contributed by atoms with Crippen LogP contribution in [0.3, 0.4) is 0 Å². The highest BCUT2D eigenvalue weighted by molar-refractivity contribution is 9.10. The van der Waals surface area contributed by atoms with Gasteiger partial charge < -0.3 is 15.3 Å². The first kappa shape index (κ1) is 16.0. The van der Waals surface area contributed by atoms with E-state index in [-0.39, 0.29) is 6.03 Å². The number of aliphatic hydroxyl groups excluding tert-OH is 1. The molecule has 1 aromatic heterocycles. The van der Waals surface area contributed by atoms with E-state index >= 15 is 0 Å². The van der Waals surface area contributed by atoms with Gasteiger partial charge in [-0.1, -0.05) is 12.1 Å². The van der Waals surface area contributed by atoms with Crippen LogP contribution in [0.25, 0.3) is 0 Å². The van der Waals surface area contributed by atoms with Crippen molar-refractivity contribution in [1.82, 2.24) is 4.90 Å². The Balaban J connectivity index is 1.93. The third-order valence-electron chi connectivity index (χ3n) is 3.01. The molecule has 0 aliphatic rings. The molecule has 2 amide bonds. The summed E-state index contributed by atoms with van der Waals surface area (Å²) < 4.78 is 1.03. The number of anilines is 1. The fourth-order valence-electron chi connectivity index (χ4n) is 1.81. The van der Waals surface area contributed by atoms with Crippen molar-refractivity contribution >= 4 is 39.0 Å². The second kappa shape index (κ2) is 7.06. The first-order valence-corrected chi connectivity index (χ1v) is 8.16. The summed E-state index contributed by atoms with van der Waals surface area (Å²) in [6.45, 7) is 2.27. The van der Waals surface area contributed by atoms with Crippen LogP contribution in [0.15, 0.2) is 40.2 Å². The van der Waals surface area contributed by atoms with Gasteiger partial charge in [-0.3, -0.25) is 0 Å². The number of nitrogens with one attached hydrogen (secondary N) is 1. The fourth-order valence-corrected chi connectivity index (χ4v) is 3.31. The molecular weight excluding hydrogens is 352 g/mol. The Morgan fingerprint density at radius 3 is 2.62 bits per heavy atom. The maximum Gasteiger partial charge on any atom is 0.321 e. The highest BCUT2D eigenvalue weighted by Gasteiger charge is 2.11. The normalized spacial score (nSPS) is 12.0. The molecule has 112 valence electrons. The van der Waals surface area contributed by atoms with Crippen LogP contribution in [-0.2, 0) is 6.54 Å². The summed E-state index contributed by atoms with van der Waals surface area (Å²) in [5.74, 6) is 0. The zero-order valence-electron chi connectivity index (χ0n) is 11.8. The van der Waals surface area contributed by atoms with Crippen LogP contribution in [0.4, 0.5) is 10.5 Å². The molecule has 0 saturated heterocycles. The van der Waals surface area contributed by atoms with Gasteiger partial charge in [-0.25, -0.2) is 4.79 Å². The van der Waals surface area contributed by atoms with Crippen LogP contribution in [-0.4, -0.2) is 23.1 Å². The van der Waals surface area contributed by atoms with Crippen molar-refractivity contribution in [2.75, 3.05) is 12.4 Å². The lowest BCUT2D eigenvalue weighted by molar-refractivity contribution is 0.199. The topological polar surface area (TPSA) is 52.6 Å². The molecule has 0 radical (unpaired) electrons. The second-order valence-electron chi connectivity index (χ2n) is 4.82. The number of aliphatic hydroxyl groups is 1. The Bertz CT molecular complexity index is 610. The maximum absolute atomic E-state index is 12.1. The number of hydrogen-bond acceptors (Lipinski definition) is 3. The van der Waals surface area contributed by atoms with Crippen molar-refractivity contribution in [3.63, 3.8) is 0 Å². The Morgan fingerprint density at radius 2 is 2.10 bits per heavy atom. The lowest BCUT2D eigenvalue weighted by Gasteiger charge is -2.17. The van der Waals surface area contributed by atoms with Crippen molar-refractivity contribution in [1.29, 1.82) is 0 Å². The minimum Gasteiger partial charge on any atom is -0.389 e. The number of thiophene rings is 1. The number of urea groups is 1. The summed E-state index contributed by atoms with van der Waals surface area (Å²) in [5.41, 5.74) is 1.54. The minimum absolute atomic E-state index is 0.163. The van der Waals surface area contributed by atoms with Crippen LogP contribution < -0.4 is 5.32 Å². The molecule has 2 N–H and O–H groups in total. The van der Waals surface area contributed by atoms with E-state index in [9.17, 15) is 9.90 Å². The number of halogens is 1. The number of amides is 2. The summed E-state index contributed by atoms with van der Waals surface area (Å²) in [4.78, 5) is 14.8. The molecule has 2 aromatic rings. The summed E-state index contributed by atoms with van der Waals surface area (Å²) >= 11 is 5.01. The largest absolute Gasteiger partial charge is 0.389 e. The molecule has 6 heteroatoms. The lowest BCUT2D eigenvalue weighted by Crippen LogP contribution is -2.30. The SMILES string of the molecule is CC(O)c1ccc(NC(=O)N(C)Cc2cc(Br)cs2)cc1. The van der Waals surface area contributed by atoms with E-state index in [1.165, 1.54) is 0 Å². The van der Waals surface area contributed by atoms with E-state index < -0.39 is 6.10 Å². The van der Waals surface area contributed by atoms with Crippen molar-refractivity contribution in [3.05, 3.63) is 50.6 Å². The molecular formula is C15H17BrN2O2S. The van der Waals surface area contributed by atoms with Gasteiger partial charge in [0.1, 0.15) is 0 Å². The van der Waals surface area contributed by atoms with E-state index in [4.69, 9.17) is 0 Å². The van der Waals surface area contributed by atoms with Gasteiger partial charge >= 0.3 is 6.03 Å². The lowest BCUT2D eigenvalue weighted by atomic mass is 10.1. The quantitative estimate of drug-likeness (QED) is 0.848. The van der Waals surface area contributed by atoms with Crippen molar-refractivity contribution < 1.29 is 9.90 Å². The van der Waals surface area contributed by atoms with Gasteiger partial charge in [0.15, 0.2) is 0 Å². The molecule has 2 rings (SSSR count). The molecule has 1 unspecified atom stereocenters. The van der Waals surface area contributed by atoms with Crippen LogP contribution in [0.5, 0.6) is 0 Å². The molecule has 4 nitrogen and oxygen atoms in total. The molecule has 1 aromatic carbocycles. The van der Waals surface area contributed by atoms with E-state index in [2.05, 4.69) is 21.2 Å². The summed E-state index contributed by atoms with van der Waals surface area (Å²) in [6.07, 6.45) is -0.505. The summed E-state index contributed by atoms with van der Waals surface area (Å²) in [5, 5.41) is 14.3. The third kappa shape index (κ3) is 4.56. The number of carbonyl (C=O) groups is 1. The number of rotatable bonds is 4. The highest BCUT2D eigenvalue weighted by atomic mass is 79.9. The zero-order valence-corrected chi connectivity index (χ0v) is 14.2. The Labute approximate surface area is 136 Å². The number of carbonyl (C=O) groups excluding carboxylic acids is 1. The average Bonchev–Trinajstić information content (AvgIpc) is 2.84. The Morgan fingerprint density at radius 1 is 1.43 bits per heavy atom. The number of benzene rings is 1. The highest BCUT2D eigenvalue weighted by Crippen LogP contribution is 2.21. The molecule has 0 bridgehead atoms. The van der Waals surface area contributed by atoms with Gasteiger partial charge in [-0.05, 0) is 46.6 Å². The van der Waals surface area contributed by atoms with Gasteiger partial charge in [0.25, 0.3) is 0 Å². The smallest absolute Gasteiger partial charge is 0.321 e. The Hall–Kier alpha value is -1.37. The molecule has 0 spiro atoms. The summed E-state index contributed by atoms with van der Waals surface area (Å²) in [6, 6.07) is 9.02. The fraction of sp³-hybridized carbons (Fsp3) is 0.267. The van der Waals surface area contributed by atoms with Gasteiger partial charge in [-0.2, -0.15) is 0 Å². The monoisotopic (exact) mass is 368 g/mol. The summed E-state index contributed by atoms with van der Waals surface area (Å²) in [7, 11) is 1.76. The molecule has 1 heterocycles. The Kier molecular flexibility index (Phi) is 5.39. The average molecular weight is 369 g/mol. The minimum atomic E-state index is -0.505. The number of nitrogens with zero attached hydrogens (tertiary/aromatic N) is 1. The zero-order chi connectivity index (χ0) is 15.4. The second-order valence-corrected chi connectivity index (χ2v) is 6.73. The maximum atomic E-state index is 12.1. The van der Waals surface area contributed by atoms with E-state index in [1.807, 2.05) is 11.4 Å². The van der Waals surface area contributed by atoms with Crippen LogP contribution in [0.2, 0.25) is 0 Å². The van der Waals surface area contributed by atoms with Crippen molar-refractivity contribution in [3.8, 4) is 0 Å². The van der Waals surface area contributed by atoms with Gasteiger partial charge in [0.2, 0.25) is 0 Å². The molecule has 0 aliphatic heterocycles. The van der Waals surface area contributed by atoms with E-state index in [0.717, 1.165) is 14.9 Å². The molecule has 0 saturated carbocycles. The molecule has 0 fully saturated rings. The number of hydrogen-bond donors (Lipinski definition) is 2. The predicted octanol–water partition coefficient (Wildman–Crippen LogP) is 4.23. The van der Waals surface area contributed by atoms with E-state index in [0.29, 0.717) is 12.2 Å².